The van der Waals surface area contributed by atoms with Crippen LogP contribution in [0.5, 0.6) is 0 Å². The molecule has 1 atom stereocenters. The van der Waals surface area contributed by atoms with Crippen LogP contribution in [0.25, 0.3) is 32.7 Å². The number of fused-ring (bicyclic) bond motifs is 2. The molecule has 1 fully saturated rings. The maximum atomic E-state index is 14.0. The molecule has 0 saturated heterocycles. The van der Waals surface area contributed by atoms with Gasteiger partial charge in [0.05, 0.1) is 0 Å². The number of hydrogen-bond donors (Lipinski definition) is 1. The maximum Gasteiger partial charge on any atom is 0.252 e. The largest absolute Gasteiger partial charge is 0.475 e. The van der Waals surface area contributed by atoms with E-state index in [1.807, 2.05) is 30.3 Å². The number of amides is 1. The van der Waals surface area contributed by atoms with Crippen molar-refractivity contribution < 1.29 is 9.53 Å². The molecule has 0 unspecified atom stereocenters. The first-order valence-corrected chi connectivity index (χ1v) is 14.4. The number of aliphatic imine (C=N–C) groups is 1. The van der Waals surface area contributed by atoms with Gasteiger partial charge in [-0.1, -0.05) is 110 Å². The van der Waals surface area contributed by atoms with Crippen molar-refractivity contribution in [1.29, 1.82) is 0 Å². The van der Waals surface area contributed by atoms with Gasteiger partial charge in [0.2, 0.25) is 5.90 Å². The molecule has 1 heterocycles. The third kappa shape index (κ3) is 4.54. The van der Waals surface area contributed by atoms with E-state index in [-0.39, 0.29) is 18.0 Å². The van der Waals surface area contributed by atoms with Gasteiger partial charge in [0, 0.05) is 28.3 Å². The lowest BCUT2D eigenvalue weighted by atomic mass is 9.86. The van der Waals surface area contributed by atoms with E-state index in [1.165, 1.54) is 19.3 Å². The number of carbonyl (C=O) groups is 1. The highest BCUT2D eigenvalue weighted by atomic mass is 16.5. The number of rotatable bonds is 5. The molecule has 1 aliphatic carbocycles. The number of benzene rings is 5. The zero-order valence-electron chi connectivity index (χ0n) is 22.5. The third-order valence-corrected chi connectivity index (χ3v) is 8.36. The Labute approximate surface area is 234 Å². The Morgan fingerprint density at radius 3 is 2.10 bits per heavy atom. The van der Waals surface area contributed by atoms with Crippen LogP contribution in [0, 0.1) is 0 Å². The highest BCUT2D eigenvalue weighted by molar-refractivity contribution is 6.19. The van der Waals surface area contributed by atoms with Gasteiger partial charge in [-0.15, -0.1) is 0 Å². The van der Waals surface area contributed by atoms with Gasteiger partial charge in [0.1, 0.15) is 12.6 Å². The Morgan fingerprint density at radius 2 is 1.35 bits per heavy atom. The topological polar surface area (TPSA) is 50.7 Å². The van der Waals surface area contributed by atoms with Crippen molar-refractivity contribution in [2.75, 3.05) is 6.61 Å². The first-order chi connectivity index (χ1) is 19.8. The molecule has 5 aromatic carbocycles. The first kappa shape index (κ1) is 24.6. The minimum Gasteiger partial charge on any atom is -0.475 e. The van der Waals surface area contributed by atoms with Crippen molar-refractivity contribution in [3.8, 4) is 11.1 Å². The summed E-state index contributed by atoms with van der Waals surface area (Å²) >= 11 is 0. The van der Waals surface area contributed by atoms with Crippen molar-refractivity contribution in [3.63, 3.8) is 0 Å². The van der Waals surface area contributed by atoms with Gasteiger partial charge in [-0.25, -0.2) is 4.99 Å². The molecule has 198 valence electrons. The van der Waals surface area contributed by atoms with Gasteiger partial charge in [-0.2, -0.15) is 0 Å². The van der Waals surface area contributed by atoms with Crippen LogP contribution in [0.3, 0.4) is 0 Å². The Morgan fingerprint density at radius 1 is 0.700 bits per heavy atom. The second kappa shape index (κ2) is 10.6. The van der Waals surface area contributed by atoms with Crippen LogP contribution in [0.2, 0.25) is 0 Å². The van der Waals surface area contributed by atoms with Crippen molar-refractivity contribution in [2.45, 2.75) is 44.2 Å². The lowest BCUT2D eigenvalue weighted by Gasteiger charge is -2.24. The zero-order valence-corrected chi connectivity index (χ0v) is 22.5. The summed E-state index contributed by atoms with van der Waals surface area (Å²) in [6, 6.07) is 35.5. The second-order valence-corrected chi connectivity index (χ2v) is 10.9. The van der Waals surface area contributed by atoms with Crippen molar-refractivity contribution in [2.24, 2.45) is 4.99 Å². The van der Waals surface area contributed by atoms with E-state index >= 15 is 0 Å². The normalized spacial score (nSPS) is 17.5. The molecule has 1 saturated carbocycles. The fourth-order valence-corrected chi connectivity index (χ4v) is 6.33. The Balaban J connectivity index is 1.44. The van der Waals surface area contributed by atoms with Gasteiger partial charge in [-0.05, 0) is 52.1 Å². The van der Waals surface area contributed by atoms with Gasteiger partial charge < -0.3 is 10.1 Å². The summed E-state index contributed by atoms with van der Waals surface area (Å²) in [5.41, 5.74) is 4.68. The molecule has 0 bridgehead atoms. The lowest BCUT2D eigenvalue weighted by molar-refractivity contribution is 0.0928. The molecule has 40 heavy (non-hydrogen) atoms. The van der Waals surface area contributed by atoms with Crippen molar-refractivity contribution >= 4 is 33.3 Å². The van der Waals surface area contributed by atoms with Crippen LogP contribution in [-0.2, 0) is 4.74 Å². The maximum absolute atomic E-state index is 14.0. The zero-order chi connectivity index (χ0) is 26.9. The molecular weight excluding hydrogens is 492 g/mol. The van der Waals surface area contributed by atoms with E-state index < -0.39 is 0 Å². The molecule has 1 aliphatic heterocycles. The Bertz CT molecular complexity index is 1730. The monoisotopic (exact) mass is 524 g/mol. The summed E-state index contributed by atoms with van der Waals surface area (Å²) < 4.78 is 6.30. The van der Waals surface area contributed by atoms with Crippen molar-refractivity contribution in [1.82, 2.24) is 5.32 Å². The average Bonchev–Trinajstić information content (AvgIpc) is 3.51. The van der Waals surface area contributed by atoms with Gasteiger partial charge in [0.15, 0.2) is 0 Å². The predicted octanol–water partition coefficient (Wildman–Crippen LogP) is 8.24. The molecule has 0 radical (unpaired) electrons. The van der Waals surface area contributed by atoms with Crippen LogP contribution in [0.4, 0.5) is 0 Å². The second-order valence-electron chi connectivity index (χ2n) is 10.9. The standard InChI is InChI=1S/C36H32N2O2/c39-35(37-27-15-5-2-6-16-27)30-21-19-24-11-7-9-17-28(24)33(30)34-29-18-10-8-12-25(29)20-22-31(34)36-38-32(23-40-36)26-13-3-1-4-14-26/h1,3-4,7-14,17-22,27,32H,2,5-6,15-16,23H2,(H,37,39)/t32-/m1/s1. The summed E-state index contributed by atoms with van der Waals surface area (Å²) in [6.07, 6.45) is 5.67. The predicted molar refractivity (Wildman–Crippen MR) is 163 cm³/mol. The van der Waals surface area contributed by atoms with Crippen LogP contribution in [0.1, 0.15) is 59.6 Å². The number of nitrogens with zero attached hydrogens (tertiary/aromatic N) is 1. The molecular formula is C36H32N2O2. The molecule has 7 rings (SSSR count). The van der Waals surface area contributed by atoms with E-state index in [9.17, 15) is 4.79 Å². The van der Waals surface area contributed by atoms with E-state index in [1.54, 1.807) is 0 Å². The van der Waals surface area contributed by atoms with E-state index in [4.69, 9.17) is 9.73 Å². The van der Waals surface area contributed by atoms with Crippen LogP contribution in [0.15, 0.2) is 108 Å². The van der Waals surface area contributed by atoms with E-state index in [0.29, 0.717) is 18.1 Å². The minimum absolute atomic E-state index is 0.0111. The summed E-state index contributed by atoms with van der Waals surface area (Å²) in [7, 11) is 0. The molecule has 0 aromatic heterocycles. The molecule has 0 spiro atoms. The van der Waals surface area contributed by atoms with Crippen molar-refractivity contribution in [3.05, 3.63) is 120 Å². The quantitative estimate of drug-likeness (QED) is 0.252. The number of hydrogen-bond acceptors (Lipinski definition) is 3. The highest BCUT2D eigenvalue weighted by Crippen LogP contribution is 2.41. The summed E-state index contributed by atoms with van der Waals surface area (Å²) in [5.74, 6) is 0.615. The SMILES string of the molecule is O=C(NC1CCCCC1)c1ccc2ccccc2c1-c1c(C2=N[C@@H](c3ccccc3)CO2)ccc2ccccc12. The minimum atomic E-state index is -0.0582. The van der Waals surface area contributed by atoms with E-state index in [0.717, 1.165) is 56.6 Å². The third-order valence-electron chi connectivity index (χ3n) is 8.36. The fourth-order valence-electron chi connectivity index (χ4n) is 6.33. The Kier molecular flexibility index (Phi) is 6.52. The fraction of sp³-hybridized carbons (Fsp3) is 0.222. The molecule has 4 heteroatoms. The highest BCUT2D eigenvalue weighted by Gasteiger charge is 2.28. The van der Waals surface area contributed by atoms with Crippen LogP contribution in [-0.4, -0.2) is 24.5 Å². The molecule has 4 nitrogen and oxygen atoms in total. The summed E-state index contributed by atoms with van der Waals surface area (Å²) in [4.78, 5) is 19.0. The van der Waals surface area contributed by atoms with Crippen LogP contribution < -0.4 is 5.32 Å². The van der Waals surface area contributed by atoms with Gasteiger partial charge in [-0.3, -0.25) is 4.79 Å². The smallest absolute Gasteiger partial charge is 0.252 e. The number of nitrogens with one attached hydrogen (secondary N) is 1. The van der Waals surface area contributed by atoms with Crippen LogP contribution >= 0.6 is 0 Å². The Hall–Kier alpha value is -4.44. The molecule has 1 amide bonds. The van der Waals surface area contributed by atoms with E-state index in [2.05, 4.69) is 78.1 Å². The summed E-state index contributed by atoms with van der Waals surface area (Å²) in [6.45, 7) is 0.496. The molecule has 1 N–H and O–H groups in total. The average molecular weight is 525 g/mol. The summed E-state index contributed by atoms with van der Waals surface area (Å²) in [5, 5.41) is 7.72. The molecule has 2 aliphatic rings. The first-order valence-electron chi connectivity index (χ1n) is 14.4. The number of ether oxygens (including phenoxy) is 1. The van der Waals surface area contributed by atoms with Gasteiger partial charge >= 0.3 is 0 Å². The lowest BCUT2D eigenvalue weighted by Crippen LogP contribution is -2.36. The number of carbonyl (C=O) groups excluding carboxylic acids is 1. The molecule has 5 aromatic rings. The van der Waals surface area contributed by atoms with Gasteiger partial charge in [0.25, 0.3) is 5.91 Å².